The van der Waals surface area contributed by atoms with Crippen molar-refractivity contribution >= 4 is 34.9 Å². The second-order valence-corrected chi connectivity index (χ2v) is 12.1. The molecule has 2 fully saturated rings. The number of carbonyl (C=O) groups is 3. The van der Waals surface area contributed by atoms with Gasteiger partial charge in [0.1, 0.15) is 18.4 Å². The molecule has 6 rings (SSSR count). The summed E-state index contributed by atoms with van der Waals surface area (Å²) >= 11 is 1.39. The lowest BCUT2D eigenvalue weighted by Gasteiger charge is -2.26. The zero-order valence-corrected chi connectivity index (χ0v) is 24.4. The predicted molar refractivity (Wildman–Crippen MR) is 158 cm³/mol. The van der Waals surface area contributed by atoms with E-state index in [9.17, 15) is 14.4 Å². The molecule has 10 nitrogen and oxygen atoms in total. The number of ether oxygens (including phenoxy) is 2. The van der Waals surface area contributed by atoms with Crippen molar-refractivity contribution in [2.24, 2.45) is 5.73 Å². The van der Waals surface area contributed by atoms with Crippen molar-refractivity contribution < 1.29 is 23.9 Å². The largest absolute Gasteiger partial charge is 0.384 e. The minimum Gasteiger partial charge on any atom is -0.384 e. The topological polar surface area (TPSA) is 138 Å². The first-order chi connectivity index (χ1) is 20.1. The summed E-state index contributed by atoms with van der Waals surface area (Å²) < 4.78 is 11.7. The molecule has 3 aliphatic rings. The fourth-order valence-corrected chi connectivity index (χ4v) is 6.84. The Morgan fingerprint density at radius 1 is 1.12 bits per heavy atom. The molecule has 4 heterocycles. The summed E-state index contributed by atoms with van der Waals surface area (Å²) in [5.41, 5.74) is 12.1. The lowest BCUT2D eigenvalue weighted by molar-refractivity contribution is -0.152. The number of amidine groups is 1. The van der Waals surface area contributed by atoms with Crippen LogP contribution in [0.3, 0.4) is 0 Å². The van der Waals surface area contributed by atoms with Crippen LogP contribution < -0.4 is 11.1 Å². The van der Waals surface area contributed by atoms with E-state index in [1.165, 1.54) is 26.7 Å². The number of carbonyl (C=O) groups excluding carboxylic acids is 3. The van der Waals surface area contributed by atoms with Gasteiger partial charge in [0.05, 0.1) is 26.3 Å². The normalized spacial score (nSPS) is 19.0. The standard InChI is InChI=1S/C31H33N5O5S/c1-18-3-5-24(19(2)9-18)20-4-6-25-21(10-20)14-35(30(25)39)15-27(37)36-17-31(40-7-8-41-31)12-26(36)29(38)34-13-23-11-22(16-42-23)28(32)33/h3-6,9-11,16,26H,7-8,12-15,17H2,1-2H3,(H3,32,33)(H,34,38)/t26-/m0/s1. The Bertz CT molecular complexity index is 1590. The summed E-state index contributed by atoms with van der Waals surface area (Å²) in [7, 11) is 0. The van der Waals surface area contributed by atoms with Gasteiger partial charge in [-0.25, -0.2) is 0 Å². The molecule has 1 aromatic heterocycles. The summed E-state index contributed by atoms with van der Waals surface area (Å²) in [6, 6.07) is 13.1. The van der Waals surface area contributed by atoms with Gasteiger partial charge in [0.25, 0.3) is 5.91 Å². The van der Waals surface area contributed by atoms with Crippen LogP contribution >= 0.6 is 11.3 Å². The molecule has 3 aromatic rings. The summed E-state index contributed by atoms with van der Waals surface area (Å²) in [5.74, 6) is -1.92. The molecule has 0 unspecified atom stereocenters. The number of rotatable bonds is 7. The number of hydrogen-bond donors (Lipinski definition) is 3. The van der Waals surface area contributed by atoms with Gasteiger partial charge in [-0.1, -0.05) is 29.8 Å². The van der Waals surface area contributed by atoms with Crippen molar-refractivity contribution in [3.63, 3.8) is 0 Å². The van der Waals surface area contributed by atoms with Crippen LogP contribution in [0.1, 0.15) is 43.9 Å². The summed E-state index contributed by atoms with van der Waals surface area (Å²) in [4.78, 5) is 44.2. The highest BCUT2D eigenvalue weighted by Gasteiger charge is 2.52. The number of fused-ring (bicyclic) bond motifs is 1. The molecule has 11 heteroatoms. The Labute approximate surface area is 247 Å². The number of amides is 3. The zero-order chi connectivity index (χ0) is 29.6. The van der Waals surface area contributed by atoms with Crippen LogP contribution in [0.25, 0.3) is 11.1 Å². The van der Waals surface area contributed by atoms with Crippen molar-refractivity contribution in [3.05, 3.63) is 80.5 Å². The van der Waals surface area contributed by atoms with E-state index in [0.29, 0.717) is 30.9 Å². The zero-order valence-electron chi connectivity index (χ0n) is 23.6. The Kier molecular flexibility index (Phi) is 7.34. The van der Waals surface area contributed by atoms with E-state index in [4.69, 9.17) is 20.6 Å². The van der Waals surface area contributed by atoms with Crippen LogP contribution in [-0.2, 0) is 32.2 Å². The number of nitrogen functional groups attached to an aromatic ring is 1. The fourth-order valence-electron chi connectivity index (χ4n) is 6.02. The van der Waals surface area contributed by atoms with Crippen LogP contribution in [0.4, 0.5) is 0 Å². The molecule has 4 N–H and O–H groups in total. The number of nitrogens with two attached hydrogens (primary N) is 1. The fraction of sp³-hybridized carbons (Fsp3) is 0.355. The van der Waals surface area contributed by atoms with Crippen LogP contribution in [0.15, 0.2) is 47.8 Å². The molecule has 0 aliphatic carbocycles. The van der Waals surface area contributed by atoms with Crippen molar-refractivity contribution in [1.29, 1.82) is 5.41 Å². The van der Waals surface area contributed by atoms with Gasteiger partial charge in [-0.15, -0.1) is 11.3 Å². The highest BCUT2D eigenvalue weighted by molar-refractivity contribution is 7.10. The second kappa shape index (κ2) is 11.0. The molecule has 2 saturated heterocycles. The molecule has 3 aliphatic heterocycles. The molecule has 3 amide bonds. The minimum atomic E-state index is -1.03. The quantitative estimate of drug-likeness (QED) is 0.287. The molecule has 218 valence electrons. The van der Waals surface area contributed by atoms with Gasteiger partial charge < -0.3 is 30.3 Å². The summed E-state index contributed by atoms with van der Waals surface area (Å²) in [6.07, 6.45) is 0.209. The van der Waals surface area contributed by atoms with Gasteiger partial charge in [0.15, 0.2) is 5.79 Å². The Hall–Kier alpha value is -4.06. The third-order valence-electron chi connectivity index (χ3n) is 8.13. The van der Waals surface area contributed by atoms with Crippen LogP contribution in [0.5, 0.6) is 0 Å². The molecule has 1 atom stereocenters. The Morgan fingerprint density at radius 3 is 2.60 bits per heavy atom. The molecule has 0 radical (unpaired) electrons. The SMILES string of the molecule is Cc1ccc(-c2ccc3c(c2)CN(CC(=O)N2CC4(C[C@H]2C(=O)NCc2cc(C(=N)N)cs2)OCCO4)C3=O)c(C)c1. The highest BCUT2D eigenvalue weighted by Crippen LogP contribution is 2.36. The van der Waals surface area contributed by atoms with Crippen molar-refractivity contribution in [1.82, 2.24) is 15.1 Å². The van der Waals surface area contributed by atoms with E-state index in [0.717, 1.165) is 27.1 Å². The van der Waals surface area contributed by atoms with Crippen molar-refractivity contribution in [2.45, 2.75) is 45.2 Å². The maximum absolute atomic E-state index is 13.7. The maximum Gasteiger partial charge on any atom is 0.254 e. The maximum atomic E-state index is 13.7. The number of nitrogens with zero attached hydrogens (tertiary/aromatic N) is 2. The molecule has 1 spiro atoms. The number of nitrogens with one attached hydrogen (secondary N) is 2. The Balaban J connectivity index is 1.16. The third-order valence-corrected chi connectivity index (χ3v) is 9.07. The molecule has 0 bridgehead atoms. The summed E-state index contributed by atoms with van der Waals surface area (Å²) in [5, 5.41) is 12.2. The second-order valence-electron chi connectivity index (χ2n) is 11.1. The van der Waals surface area contributed by atoms with E-state index < -0.39 is 11.8 Å². The monoisotopic (exact) mass is 587 g/mol. The average Bonchev–Trinajstić information content (AvgIpc) is 3.75. The number of aryl methyl sites for hydroxylation is 2. The number of benzene rings is 2. The summed E-state index contributed by atoms with van der Waals surface area (Å²) in [6.45, 7) is 5.43. The van der Waals surface area contributed by atoms with E-state index in [1.807, 2.05) is 18.2 Å². The van der Waals surface area contributed by atoms with Gasteiger partial charge in [-0.05, 0) is 54.3 Å². The first kappa shape index (κ1) is 28.1. The molecule has 2 aromatic carbocycles. The first-order valence-corrected chi connectivity index (χ1v) is 14.8. The van der Waals surface area contributed by atoms with Gasteiger partial charge in [-0.3, -0.25) is 19.8 Å². The number of likely N-dealkylation sites (tertiary alicyclic amines) is 1. The van der Waals surface area contributed by atoms with E-state index in [-0.39, 0.29) is 49.6 Å². The van der Waals surface area contributed by atoms with Crippen LogP contribution in [0, 0.1) is 19.3 Å². The molecular formula is C31H33N5O5S. The minimum absolute atomic E-state index is 0.0334. The lowest BCUT2D eigenvalue weighted by atomic mass is 9.96. The van der Waals surface area contributed by atoms with Crippen LogP contribution in [-0.4, -0.2) is 71.5 Å². The first-order valence-electron chi connectivity index (χ1n) is 13.9. The third kappa shape index (κ3) is 5.31. The van der Waals surface area contributed by atoms with Crippen molar-refractivity contribution in [3.8, 4) is 11.1 Å². The smallest absolute Gasteiger partial charge is 0.254 e. The van der Waals surface area contributed by atoms with Crippen LogP contribution in [0.2, 0.25) is 0 Å². The van der Waals surface area contributed by atoms with Crippen molar-refractivity contribution in [2.75, 3.05) is 26.3 Å². The lowest BCUT2D eigenvalue weighted by Crippen LogP contribution is -2.49. The average molecular weight is 588 g/mol. The highest BCUT2D eigenvalue weighted by atomic mass is 32.1. The molecule has 0 saturated carbocycles. The molecular weight excluding hydrogens is 554 g/mol. The van der Waals surface area contributed by atoms with E-state index in [1.54, 1.807) is 11.4 Å². The van der Waals surface area contributed by atoms with Gasteiger partial charge in [-0.2, -0.15) is 0 Å². The van der Waals surface area contributed by atoms with Gasteiger partial charge >= 0.3 is 0 Å². The van der Waals surface area contributed by atoms with E-state index >= 15 is 0 Å². The van der Waals surface area contributed by atoms with Gasteiger partial charge in [0, 0.05) is 34.3 Å². The Morgan fingerprint density at radius 2 is 1.88 bits per heavy atom. The number of thiophene rings is 1. The molecule has 42 heavy (non-hydrogen) atoms. The number of hydrogen-bond acceptors (Lipinski definition) is 7. The predicted octanol–water partition coefficient (Wildman–Crippen LogP) is 2.93. The van der Waals surface area contributed by atoms with E-state index in [2.05, 4.69) is 37.4 Å². The van der Waals surface area contributed by atoms with Gasteiger partial charge in [0.2, 0.25) is 11.8 Å².